The molecule has 0 amide bonds. The highest BCUT2D eigenvalue weighted by atomic mass is 16.5. The Hall–Kier alpha value is -3.71. The van der Waals surface area contributed by atoms with Gasteiger partial charge in [-0.15, -0.1) is 0 Å². The molecule has 33 heavy (non-hydrogen) atoms. The quantitative estimate of drug-likeness (QED) is 0.500. The summed E-state index contributed by atoms with van der Waals surface area (Å²) in [6, 6.07) is 14.0. The van der Waals surface area contributed by atoms with Crippen LogP contribution >= 0.6 is 0 Å². The summed E-state index contributed by atoms with van der Waals surface area (Å²) in [4.78, 5) is 8.99. The molecule has 7 nitrogen and oxygen atoms in total. The summed E-state index contributed by atoms with van der Waals surface area (Å²) in [7, 11) is 1.66. The molecule has 0 bridgehead atoms. The Bertz CT molecular complexity index is 1320. The molecule has 7 heteroatoms. The van der Waals surface area contributed by atoms with E-state index in [0.29, 0.717) is 18.1 Å². The fourth-order valence-corrected chi connectivity index (χ4v) is 4.33. The average molecular weight is 442 g/mol. The van der Waals surface area contributed by atoms with Gasteiger partial charge in [0, 0.05) is 12.7 Å². The molecule has 0 saturated carbocycles. The number of aliphatic hydroxyl groups is 1. The number of fused-ring (bicyclic) bond motifs is 1. The lowest BCUT2D eigenvalue weighted by Gasteiger charge is -2.31. The van der Waals surface area contributed by atoms with Crippen LogP contribution < -0.4 is 4.74 Å². The van der Waals surface area contributed by atoms with Gasteiger partial charge in [-0.2, -0.15) is 5.10 Å². The van der Waals surface area contributed by atoms with Gasteiger partial charge >= 0.3 is 0 Å². The van der Waals surface area contributed by atoms with Crippen LogP contribution in [0.5, 0.6) is 5.75 Å². The highest BCUT2D eigenvalue weighted by Crippen LogP contribution is 2.36. The van der Waals surface area contributed by atoms with Crippen LogP contribution in [-0.2, 0) is 12.1 Å². The minimum absolute atomic E-state index is 0.575. The standard InChI is InChI=1S/C26H27N5O2/c1-18-5-9-21(10-6-18)26(32)13-4-14-31-25(26)28-24(29-31)12-8-20-7-11-22(23(15-20)33-3)30-16-19(2)27-17-30/h5-12,15-17,32H,4,13-14H2,1-3H3/t26-/m0/s1. The first-order valence-electron chi connectivity index (χ1n) is 11.1. The second-order valence-corrected chi connectivity index (χ2v) is 8.53. The summed E-state index contributed by atoms with van der Waals surface area (Å²) < 4.78 is 9.37. The van der Waals surface area contributed by atoms with Gasteiger partial charge in [0.05, 0.1) is 24.8 Å². The molecule has 1 aliphatic rings. The van der Waals surface area contributed by atoms with Gasteiger partial charge in [-0.25, -0.2) is 14.6 Å². The zero-order chi connectivity index (χ0) is 23.0. The Balaban J connectivity index is 1.43. The van der Waals surface area contributed by atoms with Crippen molar-refractivity contribution in [1.29, 1.82) is 0 Å². The normalized spacial score (nSPS) is 17.9. The molecule has 2 aromatic heterocycles. The maximum absolute atomic E-state index is 11.5. The van der Waals surface area contributed by atoms with Gasteiger partial charge in [-0.1, -0.05) is 42.0 Å². The van der Waals surface area contributed by atoms with Gasteiger partial charge in [0.2, 0.25) is 0 Å². The maximum Gasteiger partial charge on any atom is 0.174 e. The molecule has 5 rings (SSSR count). The van der Waals surface area contributed by atoms with Crippen LogP contribution in [0, 0.1) is 13.8 Å². The number of aromatic nitrogens is 5. The molecular formula is C26H27N5O2. The van der Waals surface area contributed by atoms with Gasteiger partial charge < -0.3 is 14.4 Å². The molecule has 0 aliphatic carbocycles. The van der Waals surface area contributed by atoms with Crippen LogP contribution in [-0.4, -0.2) is 36.5 Å². The van der Waals surface area contributed by atoms with E-state index in [1.807, 2.05) is 83.9 Å². The second-order valence-electron chi connectivity index (χ2n) is 8.53. The molecule has 1 aliphatic heterocycles. The molecule has 3 heterocycles. The molecule has 0 radical (unpaired) electrons. The number of hydrogen-bond acceptors (Lipinski definition) is 5. The zero-order valence-electron chi connectivity index (χ0n) is 19.1. The van der Waals surface area contributed by atoms with Gasteiger partial charge in [0.15, 0.2) is 11.6 Å². The third-order valence-corrected chi connectivity index (χ3v) is 6.11. The third kappa shape index (κ3) is 3.96. The summed E-state index contributed by atoms with van der Waals surface area (Å²) in [5.41, 5.74) is 3.73. The summed E-state index contributed by atoms with van der Waals surface area (Å²) >= 11 is 0. The monoisotopic (exact) mass is 441 g/mol. The first-order valence-corrected chi connectivity index (χ1v) is 11.1. The number of methoxy groups -OCH3 is 1. The number of rotatable bonds is 5. The van der Waals surface area contributed by atoms with E-state index in [1.54, 1.807) is 13.4 Å². The van der Waals surface area contributed by atoms with Gasteiger partial charge in [-0.3, -0.25) is 0 Å². The van der Waals surface area contributed by atoms with E-state index in [4.69, 9.17) is 9.72 Å². The molecule has 0 spiro atoms. The minimum atomic E-state index is -1.13. The van der Waals surface area contributed by atoms with E-state index in [2.05, 4.69) is 10.1 Å². The largest absolute Gasteiger partial charge is 0.495 e. The van der Waals surface area contributed by atoms with Crippen molar-refractivity contribution in [3.05, 3.63) is 89.0 Å². The minimum Gasteiger partial charge on any atom is -0.495 e. The highest BCUT2D eigenvalue weighted by Gasteiger charge is 2.39. The van der Waals surface area contributed by atoms with Crippen molar-refractivity contribution in [2.45, 2.75) is 38.8 Å². The highest BCUT2D eigenvalue weighted by molar-refractivity contribution is 5.69. The number of benzene rings is 2. The van der Waals surface area contributed by atoms with E-state index in [1.165, 1.54) is 0 Å². The van der Waals surface area contributed by atoms with E-state index >= 15 is 0 Å². The topological polar surface area (TPSA) is 78.0 Å². The van der Waals surface area contributed by atoms with Crippen molar-refractivity contribution < 1.29 is 9.84 Å². The van der Waals surface area contributed by atoms with Gasteiger partial charge in [0.1, 0.15) is 11.4 Å². The van der Waals surface area contributed by atoms with E-state index < -0.39 is 5.60 Å². The molecule has 4 aromatic rings. The maximum atomic E-state index is 11.5. The lowest BCUT2D eigenvalue weighted by molar-refractivity contribution is 0.0395. The first-order chi connectivity index (χ1) is 16.0. The third-order valence-electron chi connectivity index (χ3n) is 6.11. The molecule has 0 fully saturated rings. The zero-order valence-corrected chi connectivity index (χ0v) is 19.1. The summed E-state index contributed by atoms with van der Waals surface area (Å²) in [5.74, 6) is 1.92. The number of hydrogen-bond donors (Lipinski definition) is 1. The Kier molecular flexibility index (Phi) is 5.34. The molecular weight excluding hydrogens is 414 g/mol. The van der Waals surface area contributed by atoms with Crippen LogP contribution in [0.25, 0.3) is 17.8 Å². The lowest BCUT2D eigenvalue weighted by Crippen LogP contribution is -2.35. The van der Waals surface area contributed by atoms with Crippen LogP contribution in [0.1, 0.15) is 46.9 Å². The van der Waals surface area contributed by atoms with Crippen molar-refractivity contribution in [2.75, 3.05) is 7.11 Å². The number of imidazole rings is 1. The van der Waals surface area contributed by atoms with Crippen LogP contribution in [0.15, 0.2) is 55.0 Å². The van der Waals surface area contributed by atoms with E-state index in [-0.39, 0.29) is 0 Å². The van der Waals surface area contributed by atoms with Crippen molar-refractivity contribution in [3.8, 4) is 11.4 Å². The Morgan fingerprint density at radius 1 is 1.09 bits per heavy atom. The second kappa shape index (κ2) is 8.33. The van der Waals surface area contributed by atoms with Crippen molar-refractivity contribution in [3.63, 3.8) is 0 Å². The molecule has 1 atom stereocenters. The van der Waals surface area contributed by atoms with Crippen LogP contribution in [0.4, 0.5) is 0 Å². The fourth-order valence-electron chi connectivity index (χ4n) is 4.33. The SMILES string of the molecule is COc1cc(C=Cc2nc3n(n2)CCC[C@]3(O)c2ccc(C)cc2)ccc1-n1cnc(C)c1. The van der Waals surface area contributed by atoms with Crippen LogP contribution in [0.3, 0.4) is 0 Å². The van der Waals surface area contributed by atoms with Crippen molar-refractivity contribution in [1.82, 2.24) is 24.3 Å². The number of nitrogens with zero attached hydrogens (tertiary/aromatic N) is 5. The molecule has 2 aromatic carbocycles. The number of aryl methyl sites for hydroxylation is 3. The summed E-state index contributed by atoms with van der Waals surface area (Å²) in [6.07, 6.45) is 9.04. The Morgan fingerprint density at radius 3 is 2.64 bits per heavy atom. The molecule has 1 N–H and O–H groups in total. The first kappa shape index (κ1) is 21.2. The van der Waals surface area contributed by atoms with Gasteiger partial charge in [-0.05, 0) is 56.0 Å². The van der Waals surface area contributed by atoms with Crippen molar-refractivity contribution >= 4 is 12.2 Å². The fraction of sp³-hybridized carbons (Fsp3) is 0.269. The number of ether oxygens (including phenoxy) is 1. The summed E-state index contributed by atoms with van der Waals surface area (Å²) in [6.45, 7) is 4.74. The van der Waals surface area contributed by atoms with E-state index in [9.17, 15) is 5.11 Å². The predicted molar refractivity (Wildman–Crippen MR) is 127 cm³/mol. The lowest BCUT2D eigenvalue weighted by atomic mass is 9.86. The molecule has 168 valence electrons. The van der Waals surface area contributed by atoms with E-state index in [0.717, 1.165) is 46.8 Å². The van der Waals surface area contributed by atoms with Gasteiger partial charge in [0.25, 0.3) is 0 Å². The Labute approximate surface area is 193 Å². The summed E-state index contributed by atoms with van der Waals surface area (Å²) in [5, 5.41) is 16.2. The Morgan fingerprint density at radius 2 is 1.91 bits per heavy atom. The molecule has 0 saturated heterocycles. The van der Waals surface area contributed by atoms with Crippen molar-refractivity contribution in [2.24, 2.45) is 0 Å². The average Bonchev–Trinajstić information content (AvgIpc) is 3.45. The smallest absolute Gasteiger partial charge is 0.174 e. The predicted octanol–water partition coefficient (Wildman–Crippen LogP) is 4.29. The van der Waals surface area contributed by atoms with Crippen LogP contribution in [0.2, 0.25) is 0 Å². The molecule has 0 unspecified atom stereocenters.